The smallest absolute Gasteiger partial charge is 0.334 e. The van der Waals surface area contributed by atoms with E-state index in [0.717, 1.165) is 56.1 Å². The lowest BCUT2D eigenvalue weighted by molar-refractivity contribution is -0.137. The van der Waals surface area contributed by atoms with E-state index in [9.17, 15) is 9.90 Å². The second-order valence-electron chi connectivity index (χ2n) is 6.43. The third-order valence-corrected chi connectivity index (χ3v) is 4.94. The second-order valence-corrected chi connectivity index (χ2v) is 6.43. The topological polar surface area (TPSA) is 46.5 Å². The van der Waals surface area contributed by atoms with E-state index in [1.165, 1.54) is 12.7 Å². The Hall–Kier alpha value is -1.09. The number of hydrogen-bond donors (Lipinski definition) is 1. The molecule has 1 N–H and O–H groups in total. The lowest BCUT2D eigenvalue weighted by atomic mass is 9.68. The molecular formula is C17H26O3. The van der Waals surface area contributed by atoms with Crippen LogP contribution >= 0.6 is 0 Å². The van der Waals surface area contributed by atoms with E-state index in [2.05, 4.69) is 13.0 Å². The highest BCUT2D eigenvalue weighted by molar-refractivity contribution is 5.91. The van der Waals surface area contributed by atoms with Crippen molar-refractivity contribution in [2.24, 2.45) is 5.41 Å². The molecule has 3 heteroatoms. The number of aliphatic hydroxyl groups excluding tert-OH is 1. The van der Waals surface area contributed by atoms with Gasteiger partial charge in [-0.1, -0.05) is 18.6 Å². The van der Waals surface area contributed by atoms with Crippen LogP contribution in [0.2, 0.25) is 0 Å². The molecule has 0 spiro atoms. The van der Waals surface area contributed by atoms with Gasteiger partial charge in [-0.15, -0.1) is 0 Å². The molecule has 2 aliphatic carbocycles. The largest absolute Gasteiger partial charge is 0.466 e. The zero-order chi connectivity index (χ0) is 14.8. The summed E-state index contributed by atoms with van der Waals surface area (Å²) in [5.41, 5.74) is 3.09. The summed E-state index contributed by atoms with van der Waals surface area (Å²) in [6.07, 6.45) is 8.66. The molecule has 0 unspecified atom stereocenters. The third-order valence-electron chi connectivity index (χ3n) is 4.94. The molecule has 0 aromatic rings. The Morgan fingerprint density at radius 2 is 2.30 bits per heavy atom. The highest BCUT2D eigenvalue weighted by Crippen LogP contribution is 2.45. The second kappa shape index (κ2) is 6.13. The molecule has 0 aromatic carbocycles. The molecule has 112 valence electrons. The first-order valence-electron chi connectivity index (χ1n) is 7.63. The van der Waals surface area contributed by atoms with E-state index in [4.69, 9.17) is 4.74 Å². The summed E-state index contributed by atoms with van der Waals surface area (Å²) < 4.78 is 4.99. The van der Waals surface area contributed by atoms with Crippen molar-refractivity contribution in [3.05, 3.63) is 22.8 Å². The molecule has 0 aliphatic heterocycles. The van der Waals surface area contributed by atoms with Crippen LogP contribution in [0.5, 0.6) is 0 Å². The summed E-state index contributed by atoms with van der Waals surface area (Å²) in [6, 6.07) is 0. The quantitative estimate of drug-likeness (QED) is 0.632. The maximum atomic E-state index is 12.1. The van der Waals surface area contributed by atoms with Gasteiger partial charge in [0.1, 0.15) is 0 Å². The van der Waals surface area contributed by atoms with E-state index >= 15 is 0 Å². The molecule has 0 amide bonds. The van der Waals surface area contributed by atoms with Gasteiger partial charge >= 0.3 is 5.97 Å². The molecule has 3 nitrogen and oxygen atoms in total. The minimum Gasteiger partial charge on any atom is -0.466 e. The van der Waals surface area contributed by atoms with Crippen molar-refractivity contribution in [1.82, 2.24) is 0 Å². The maximum Gasteiger partial charge on any atom is 0.334 e. The van der Waals surface area contributed by atoms with Crippen molar-refractivity contribution in [1.29, 1.82) is 0 Å². The summed E-state index contributed by atoms with van der Waals surface area (Å²) in [4.78, 5) is 12.1. The molecule has 2 aliphatic rings. The van der Waals surface area contributed by atoms with Crippen molar-refractivity contribution >= 4 is 5.97 Å². The number of ether oxygens (including phenoxy) is 1. The van der Waals surface area contributed by atoms with Crippen LogP contribution in [0.1, 0.15) is 58.8 Å². The molecule has 2 atom stereocenters. The first-order chi connectivity index (χ1) is 9.48. The number of carbonyl (C=O) groups excluding carboxylic acids is 1. The number of rotatable bonds is 4. The van der Waals surface area contributed by atoms with Crippen molar-refractivity contribution in [2.75, 3.05) is 7.11 Å². The van der Waals surface area contributed by atoms with Gasteiger partial charge in [-0.2, -0.15) is 0 Å². The Morgan fingerprint density at radius 1 is 1.55 bits per heavy atom. The molecule has 20 heavy (non-hydrogen) atoms. The van der Waals surface area contributed by atoms with Crippen molar-refractivity contribution in [3.8, 4) is 0 Å². The number of carbonyl (C=O) groups is 1. The highest BCUT2D eigenvalue weighted by atomic mass is 16.5. The Bertz CT molecular complexity index is 447. The minimum atomic E-state index is -0.270. The van der Waals surface area contributed by atoms with Crippen LogP contribution < -0.4 is 0 Å². The van der Waals surface area contributed by atoms with Crippen LogP contribution in [0.4, 0.5) is 0 Å². The minimum absolute atomic E-state index is 0.113. The maximum absolute atomic E-state index is 12.1. The molecular weight excluding hydrogens is 252 g/mol. The van der Waals surface area contributed by atoms with Crippen LogP contribution in [-0.2, 0) is 9.53 Å². The number of hydrogen-bond acceptors (Lipinski definition) is 3. The molecule has 0 aromatic heterocycles. The molecule has 0 heterocycles. The van der Waals surface area contributed by atoms with Crippen molar-refractivity contribution in [3.63, 3.8) is 0 Å². The van der Waals surface area contributed by atoms with Gasteiger partial charge in [0.2, 0.25) is 0 Å². The Labute approximate surface area is 121 Å². The van der Waals surface area contributed by atoms with E-state index < -0.39 is 0 Å². The van der Waals surface area contributed by atoms with E-state index in [1.807, 2.05) is 6.92 Å². The van der Waals surface area contributed by atoms with Gasteiger partial charge in [0.15, 0.2) is 0 Å². The zero-order valence-electron chi connectivity index (χ0n) is 12.9. The van der Waals surface area contributed by atoms with Crippen molar-refractivity contribution in [2.45, 2.75) is 64.9 Å². The highest BCUT2D eigenvalue weighted by Gasteiger charge is 2.38. The third kappa shape index (κ3) is 2.98. The summed E-state index contributed by atoms with van der Waals surface area (Å²) in [5.74, 6) is -0.175. The fourth-order valence-corrected chi connectivity index (χ4v) is 3.72. The number of aliphatic hydroxyl groups is 1. The van der Waals surface area contributed by atoms with Crippen LogP contribution in [0.15, 0.2) is 22.8 Å². The molecule has 0 saturated carbocycles. The van der Waals surface area contributed by atoms with E-state index in [-0.39, 0.29) is 17.5 Å². The average molecular weight is 278 g/mol. The van der Waals surface area contributed by atoms with Gasteiger partial charge in [0, 0.05) is 5.57 Å². The Kier molecular flexibility index (Phi) is 4.69. The fourth-order valence-electron chi connectivity index (χ4n) is 3.72. The van der Waals surface area contributed by atoms with Gasteiger partial charge in [0.05, 0.1) is 13.2 Å². The van der Waals surface area contributed by atoms with Crippen LogP contribution in [0.3, 0.4) is 0 Å². The zero-order valence-corrected chi connectivity index (χ0v) is 12.9. The monoisotopic (exact) mass is 278 g/mol. The molecule has 0 fully saturated rings. The Balaban J connectivity index is 2.14. The van der Waals surface area contributed by atoms with Crippen molar-refractivity contribution < 1.29 is 14.6 Å². The number of allylic oxidation sites excluding steroid dienone is 2. The average Bonchev–Trinajstić information content (AvgIpc) is 2.81. The summed E-state index contributed by atoms with van der Waals surface area (Å²) in [7, 11) is 1.46. The van der Waals surface area contributed by atoms with Gasteiger partial charge in [0.25, 0.3) is 0 Å². The van der Waals surface area contributed by atoms with Crippen LogP contribution in [-0.4, -0.2) is 24.3 Å². The SMILES string of the molecule is COC(=O)C1=C(C)CCC[C@@]1(C)CCC1=CCC[C@@H]1O. The molecule has 0 radical (unpaired) electrons. The fraction of sp³-hybridized carbons (Fsp3) is 0.706. The lowest BCUT2D eigenvalue weighted by Crippen LogP contribution is -2.30. The molecule has 0 saturated heterocycles. The normalized spacial score (nSPS) is 30.4. The summed E-state index contributed by atoms with van der Waals surface area (Å²) >= 11 is 0. The number of esters is 1. The van der Waals surface area contributed by atoms with Gasteiger partial charge in [-0.05, 0) is 62.9 Å². The van der Waals surface area contributed by atoms with Gasteiger partial charge < -0.3 is 9.84 Å². The first-order valence-corrected chi connectivity index (χ1v) is 7.63. The number of methoxy groups -OCH3 is 1. The van der Waals surface area contributed by atoms with E-state index in [1.54, 1.807) is 0 Å². The summed E-state index contributed by atoms with van der Waals surface area (Å²) in [6.45, 7) is 4.22. The van der Waals surface area contributed by atoms with Gasteiger partial charge in [-0.3, -0.25) is 0 Å². The van der Waals surface area contributed by atoms with E-state index in [0.29, 0.717) is 0 Å². The van der Waals surface area contributed by atoms with Gasteiger partial charge in [-0.25, -0.2) is 4.79 Å². The first kappa shape index (κ1) is 15.3. The predicted molar refractivity (Wildman–Crippen MR) is 79.2 cm³/mol. The Morgan fingerprint density at radius 3 is 2.90 bits per heavy atom. The van der Waals surface area contributed by atoms with Crippen LogP contribution in [0.25, 0.3) is 0 Å². The lowest BCUT2D eigenvalue weighted by Gasteiger charge is -2.36. The molecule has 0 bridgehead atoms. The molecule has 2 rings (SSSR count). The summed E-state index contributed by atoms with van der Waals surface area (Å²) in [5, 5.41) is 9.90. The predicted octanol–water partition coefficient (Wildman–Crippen LogP) is 3.53. The standard InChI is InChI=1S/C17H26O3/c1-12-6-5-10-17(2,15(12)16(19)20-3)11-9-13-7-4-8-14(13)18/h7,14,18H,4-6,8-11H2,1-3H3/t14-,17-/m0/s1. The van der Waals surface area contributed by atoms with Crippen LogP contribution in [0, 0.1) is 5.41 Å².